The number of carboxylic acids is 1. The number of aliphatic carboxylic acids is 1. The van der Waals surface area contributed by atoms with E-state index in [0.717, 1.165) is 0 Å². The Morgan fingerprint density at radius 1 is 1.42 bits per heavy atom. The second kappa shape index (κ2) is 2.95. The molecule has 64 valence electrons. The van der Waals surface area contributed by atoms with Crippen LogP contribution in [-0.4, -0.2) is 11.1 Å². The highest BCUT2D eigenvalue weighted by molar-refractivity contribution is 5.76. The lowest BCUT2D eigenvalue weighted by Gasteiger charge is -2.24. The molecule has 0 aliphatic heterocycles. The van der Waals surface area contributed by atoms with E-state index in [2.05, 4.69) is 0 Å². The summed E-state index contributed by atoms with van der Waals surface area (Å²) in [6.45, 7) is 1.19. The molecule has 0 amide bonds. The number of aliphatic hydroxyl groups is 1. The molecular formula is C9H9O3-. The monoisotopic (exact) mass is 165 g/mol. The van der Waals surface area contributed by atoms with Gasteiger partial charge in [0.15, 0.2) is 0 Å². The van der Waals surface area contributed by atoms with E-state index in [0.29, 0.717) is 5.56 Å². The van der Waals surface area contributed by atoms with Crippen LogP contribution in [0, 0.1) is 0 Å². The molecule has 1 aromatic carbocycles. The Kier molecular flexibility index (Phi) is 2.15. The molecule has 1 aromatic rings. The van der Waals surface area contributed by atoms with Gasteiger partial charge in [0.05, 0.1) is 5.97 Å². The fraction of sp³-hybridized carbons (Fsp3) is 0.222. The van der Waals surface area contributed by atoms with E-state index < -0.39 is 11.6 Å². The van der Waals surface area contributed by atoms with Crippen LogP contribution in [0.15, 0.2) is 30.3 Å². The van der Waals surface area contributed by atoms with E-state index in [9.17, 15) is 15.0 Å². The zero-order valence-electron chi connectivity index (χ0n) is 6.65. The quantitative estimate of drug-likeness (QED) is 0.651. The maximum atomic E-state index is 10.5. The Labute approximate surface area is 70.3 Å². The molecule has 0 fully saturated rings. The predicted octanol–water partition coefficient (Wildman–Crippen LogP) is -0.356. The molecule has 1 rings (SSSR count). The van der Waals surface area contributed by atoms with Crippen LogP contribution >= 0.6 is 0 Å². The second-order valence-corrected chi connectivity index (χ2v) is 2.73. The number of hydrogen-bond donors (Lipinski definition) is 1. The Bertz CT molecular complexity index is 277. The molecular weight excluding hydrogens is 156 g/mol. The summed E-state index contributed by atoms with van der Waals surface area (Å²) in [7, 11) is 0. The third-order valence-corrected chi connectivity index (χ3v) is 1.73. The van der Waals surface area contributed by atoms with Gasteiger partial charge in [0.2, 0.25) is 0 Å². The summed E-state index contributed by atoms with van der Waals surface area (Å²) in [4.78, 5) is 10.5. The van der Waals surface area contributed by atoms with Gasteiger partial charge >= 0.3 is 0 Å². The van der Waals surface area contributed by atoms with Gasteiger partial charge in [-0.3, -0.25) is 0 Å². The Morgan fingerprint density at radius 2 is 1.92 bits per heavy atom. The highest BCUT2D eigenvalue weighted by Crippen LogP contribution is 2.18. The van der Waals surface area contributed by atoms with E-state index >= 15 is 0 Å². The molecule has 0 saturated heterocycles. The molecule has 0 saturated carbocycles. The molecule has 0 aliphatic carbocycles. The predicted molar refractivity (Wildman–Crippen MR) is 41.0 cm³/mol. The summed E-state index contributed by atoms with van der Waals surface area (Å²) < 4.78 is 0. The van der Waals surface area contributed by atoms with Crippen molar-refractivity contribution in [2.24, 2.45) is 0 Å². The molecule has 0 aromatic heterocycles. The van der Waals surface area contributed by atoms with Crippen molar-refractivity contribution in [1.29, 1.82) is 0 Å². The molecule has 3 nitrogen and oxygen atoms in total. The fourth-order valence-corrected chi connectivity index (χ4v) is 0.881. The van der Waals surface area contributed by atoms with Crippen LogP contribution in [0.2, 0.25) is 0 Å². The zero-order valence-corrected chi connectivity index (χ0v) is 6.65. The first-order chi connectivity index (χ1) is 5.55. The highest BCUT2D eigenvalue weighted by Gasteiger charge is 2.23. The summed E-state index contributed by atoms with van der Waals surface area (Å²) in [6.07, 6.45) is 0. The summed E-state index contributed by atoms with van der Waals surface area (Å²) in [6, 6.07) is 8.14. The van der Waals surface area contributed by atoms with Crippen molar-refractivity contribution in [3.8, 4) is 0 Å². The van der Waals surface area contributed by atoms with Crippen LogP contribution in [0.5, 0.6) is 0 Å². The SMILES string of the molecule is C[C@@](O)(C(=O)[O-])c1ccccc1. The van der Waals surface area contributed by atoms with Gasteiger partial charge in [-0.2, -0.15) is 0 Å². The van der Waals surface area contributed by atoms with Gasteiger partial charge in [-0.15, -0.1) is 0 Å². The van der Waals surface area contributed by atoms with Crippen molar-refractivity contribution in [3.05, 3.63) is 35.9 Å². The smallest absolute Gasteiger partial charge is 0.126 e. The first-order valence-corrected chi connectivity index (χ1v) is 3.54. The summed E-state index contributed by atoms with van der Waals surface area (Å²) >= 11 is 0. The van der Waals surface area contributed by atoms with Gasteiger partial charge in [0.25, 0.3) is 0 Å². The van der Waals surface area contributed by atoms with Crippen LogP contribution in [0.4, 0.5) is 0 Å². The lowest BCUT2D eigenvalue weighted by molar-refractivity contribution is -0.324. The Hall–Kier alpha value is -1.35. The number of carbonyl (C=O) groups excluding carboxylic acids is 1. The Balaban J connectivity index is 3.06. The number of carboxylic acid groups (broad SMARTS) is 1. The second-order valence-electron chi connectivity index (χ2n) is 2.73. The maximum absolute atomic E-state index is 10.5. The van der Waals surface area contributed by atoms with Crippen molar-refractivity contribution in [3.63, 3.8) is 0 Å². The van der Waals surface area contributed by atoms with E-state index in [1.54, 1.807) is 18.2 Å². The summed E-state index contributed by atoms with van der Waals surface area (Å²) in [5, 5.41) is 19.9. The number of hydrogen-bond acceptors (Lipinski definition) is 3. The normalized spacial score (nSPS) is 15.2. The van der Waals surface area contributed by atoms with Gasteiger partial charge in [-0.25, -0.2) is 0 Å². The maximum Gasteiger partial charge on any atom is 0.126 e. The van der Waals surface area contributed by atoms with Crippen LogP contribution in [0.3, 0.4) is 0 Å². The third kappa shape index (κ3) is 1.46. The Morgan fingerprint density at radius 3 is 2.33 bits per heavy atom. The van der Waals surface area contributed by atoms with Gasteiger partial charge < -0.3 is 15.0 Å². The van der Waals surface area contributed by atoms with Crippen molar-refractivity contribution in [2.45, 2.75) is 12.5 Å². The lowest BCUT2D eigenvalue weighted by atomic mass is 9.97. The van der Waals surface area contributed by atoms with Crippen LogP contribution in [-0.2, 0) is 10.4 Å². The summed E-state index contributed by atoms with van der Waals surface area (Å²) in [5.41, 5.74) is -1.58. The lowest BCUT2D eigenvalue weighted by Crippen LogP contribution is -2.43. The minimum atomic E-state index is -1.90. The molecule has 12 heavy (non-hydrogen) atoms. The van der Waals surface area contributed by atoms with Crippen molar-refractivity contribution < 1.29 is 15.0 Å². The molecule has 1 N–H and O–H groups in total. The van der Waals surface area contributed by atoms with Crippen molar-refractivity contribution in [2.75, 3.05) is 0 Å². The molecule has 0 unspecified atom stereocenters. The van der Waals surface area contributed by atoms with E-state index in [-0.39, 0.29) is 0 Å². The number of benzene rings is 1. The average molecular weight is 165 g/mol. The van der Waals surface area contributed by atoms with E-state index in [1.165, 1.54) is 19.1 Å². The van der Waals surface area contributed by atoms with Crippen molar-refractivity contribution >= 4 is 5.97 Å². The average Bonchev–Trinajstić information content (AvgIpc) is 2.06. The van der Waals surface area contributed by atoms with Gasteiger partial charge in [-0.05, 0) is 12.5 Å². The molecule has 0 radical (unpaired) electrons. The van der Waals surface area contributed by atoms with E-state index in [1.807, 2.05) is 0 Å². The summed E-state index contributed by atoms with van der Waals surface area (Å²) in [5.74, 6) is -1.49. The topological polar surface area (TPSA) is 60.4 Å². The minimum absolute atomic E-state index is 0.324. The third-order valence-electron chi connectivity index (χ3n) is 1.73. The molecule has 3 heteroatoms. The van der Waals surface area contributed by atoms with Crippen LogP contribution < -0.4 is 5.11 Å². The molecule has 0 bridgehead atoms. The van der Waals surface area contributed by atoms with Gasteiger partial charge in [0, 0.05) is 0 Å². The first-order valence-electron chi connectivity index (χ1n) is 3.54. The minimum Gasteiger partial charge on any atom is -0.547 e. The first kappa shape index (κ1) is 8.74. The number of carbonyl (C=O) groups is 1. The highest BCUT2D eigenvalue weighted by atomic mass is 16.4. The molecule has 0 spiro atoms. The van der Waals surface area contributed by atoms with Gasteiger partial charge in [0.1, 0.15) is 5.60 Å². The molecule has 1 atom stereocenters. The molecule has 0 aliphatic rings. The standard InChI is InChI=1S/C9H10O3/c1-9(12,8(10)11)7-5-3-2-4-6-7/h2-6,12H,1H3,(H,10,11)/p-1/t9-/m0/s1. The largest absolute Gasteiger partial charge is 0.547 e. The van der Waals surface area contributed by atoms with Gasteiger partial charge in [-0.1, -0.05) is 30.3 Å². The molecule has 0 heterocycles. The van der Waals surface area contributed by atoms with E-state index in [4.69, 9.17) is 0 Å². The zero-order chi connectivity index (χ0) is 9.19. The van der Waals surface area contributed by atoms with Crippen LogP contribution in [0.1, 0.15) is 12.5 Å². The number of rotatable bonds is 2. The fourth-order valence-electron chi connectivity index (χ4n) is 0.881. The van der Waals surface area contributed by atoms with Crippen LogP contribution in [0.25, 0.3) is 0 Å². The van der Waals surface area contributed by atoms with Crippen molar-refractivity contribution in [1.82, 2.24) is 0 Å².